The summed E-state index contributed by atoms with van der Waals surface area (Å²) in [5.74, 6) is 0.382. The molecule has 2 aromatic carbocycles. The summed E-state index contributed by atoms with van der Waals surface area (Å²) in [7, 11) is 0. The maximum atomic E-state index is 13.5. The Morgan fingerprint density at radius 2 is 1.83 bits per heavy atom. The molecule has 1 aliphatic heterocycles. The van der Waals surface area contributed by atoms with Gasteiger partial charge in [-0.25, -0.2) is 13.8 Å². The van der Waals surface area contributed by atoms with Crippen molar-refractivity contribution in [2.45, 2.75) is 19.5 Å². The second-order valence-corrected chi connectivity index (χ2v) is 7.88. The summed E-state index contributed by atoms with van der Waals surface area (Å²) in [6.45, 7) is 2.87. The number of benzene rings is 2. The van der Waals surface area contributed by atoms with Crippen LogP contribution in [-0.2, 0) is 6.54 Å². The summed E-state index contributed by atoms with van der Waals surface area (Å²) in [6, 6.07) is 9.72. The third-order valence-electron chi connectivity index (χ3n) is 5.08. The van der Waals surface area contributed by atoms with Gasteiger partial charge in [-0.1, -0.05) is 0 Å². The van der Waals surface area contributed by atoms with Crippen LogP contribution in [0.3, 0.4) is 0 Å². The Labute approximate surface area is 168 Å². The Morgan fingerprint density at radius 3 is 2.62 bits per heavy atom. The molecule has 2 aromatic heterocycles. The van der Waals surface area contributed by atoms with E-state index in [0.717, 1.165) is 4.70 Å². The number of aromatic nitrogens is 4. The lowest BCUT2D eigenvalue weighted by Crippen LogP contribution is -2.41. The minimum Gasteiger partial charge on any atom is -0.327 e. The predicted octanol–water partition coefficient (Wildman–Crippen LogP) is 4.05. The third kappa shape index (κ3) is 2.98. The second kappa shape index (κ2) is 6.70. The van der Waals surface area contributed by atoms with Crippen LogP contribution >= 0.6 is 11.3 Å². The van der Waals surface area contributed by atoms with Gasteiger partial charge in [0.05, 0.1) is 16.3 Å². The van der Waals surface area contributed by atoms with Gasteiger partial charge in [0.15, 0.2) is 16.7 Å². The van der Waals surface area contributed by atoms with Crippen molar-refractivity contribution in [2.75, 3.05) is 6.54 Å². The first-order valence-corrected chi connectivity index (χ1v) is 9.89. The highest BCUT2D eigenvalue weighted by Gasteiger charge is 2.32. The van der Waals surface area contributed by atoms with Gasteiger partial charge >= 0.3 is 0 Å². The van der Waals surface area contributed by atoms with Crippen LogP contribution in [0.2, 0.25) is 0 Å². The number of halogens is 2. The molecule has 9 heteroatoms. The molecule has 0 fully saturated rings. The lowest BCUT2D eigenvalue weighted by atomic mass is 10.1. The van der Waals surface area contributed by atoms with Crippen molar-refractivity contribution in [3.63, 3.8) is 0 Å². The minimum atomic E-state index is -0.381. The van der Waals surface area contributed by atoms with E-state index in [4.69, 9.17) is 0 Å². The van der Waals surface area contributed by atoms with Crippen molar-refractivity contribution in [2.24, 2.45) is 0 Å². The van der Waals surface area contributed by atoms with Crippen molar-refractivity contribution in [3.05, 3.63) is 65.5 Å². The van der Waals surface area contributed by atoms with Crippen molar-refractivity contribution < 1.29 is 13.6 Å². The van der Waals surface area contributed by atoms with Crippen LogP contribution in [0.15, 0.2) is 42.5 Å². The zero-order valence-electron chi connectivity index (χ0n) is 15.3. The van der Waals surface area contributed by atoms with E-state index in [-0.39, 0.29) is 23.6 Å². The molecule has 29 heavy (non-hydrogen) atoms. The maximum Gasteiger partial charge on any atom is 0.254 e. The van der Waals surface area contributed by atoms with Gasteiger partial charge < -0.3 is 9.47 Å². The molecular weight excluding hydrogens is 396 g/mol. The molecule has 1 aliphatic rings. The summed E-state index contributed by atoms with van der Waals surface area (Å²) < 4.78 is 29.4. The summed E-state index contributed by atoms with van der Waals surface area (Å²) in [6.07, 6.45) is 0. The number of fused-ring (bicyclic) bond motifs is 2. The van der Waals surface area contributed by atoms with Gasteiger partial charge in [-0.05, 0) is 43.3 Å². The molecule has 0 N–H and O–H groups in total. The number of carbonyl (C=O) groups is 1. The van der Waals surface area contributed by atoms with Gasteiger partial charge in [0.2, 0.25) is 0 Å². The molecule has 5 rings (SSSR count). The first kappa shape index (κ1) is 17.9. The molecule has 1 amide bonds. The fraction of sp³-hybridized carbons (Fsp3) is 0.200. The number of rotatable bonds is 2. The fourth-order valence-corrected chi connectivity index (χ4v) is 4.52. The average Bonchev–Trinajstić information content (AvgIpc) is 3.32. The highest BCUT2D eigenvalue weighted by molar-refractivity contribution is 7.21. The van der Waals surface area contributed by atoms with Gasteiger partial charge in [0, 0.05) is 24.7 Å². The summed E-state index contributed by atoms with van der Waals surface area (Å²) >= 11 is 1.43. The molecule has 0 saturated carbocycles. The molecular formula is C20H15F2N5OS. The molecule has 3 heterocycles. The number of hydrogen-bond donors (Lipinski definition) is 0. The van der Waals surface area contributed by atoms with E-state index >= 15 is 0 Å². The molecule has 0 spiro atoms. The topological polar surface area (TPSA) is 63.9 Å². The van der Waals surface area contributed by atoms with E-state index in [1.54, 1.807) is 11.0 Å². The van der Waals surface area contributed by atoms with Crippen LogP contribution in [0.25, 0.3) is 21.0 Å². The fourth-order valence-electron chi connectivity index (χ4n) is 3.58. The first-order chi connectivity index (χ1) is 14.0. The molecule has 0 unspecified atom stereocenters. The Kier molecular flexibility index (Phi) is 4.13. The summed E-state index contributed by atoms with van der Waals surface area (Å²) in [4.78, 5) is 19.1. The number of hydrogen-bond acceptors (Lipinski definition) is 5. The zero-order valence-corrected chi connectivity index (χ0v) is 16.2. The van der Waals surface area contributed by atoms with E-state index in [0.29, 0.717) is 40.8 Å². The van der Waals surface area contributed by atoms with E-state index in [2.05, 4.69) is 15.2 Å². The van der Waals surface area contributed by atoms with Crippen molar-refractivity contribution in [3.8, 4) is 10.8 Å². The normalized spacial score (nSPS) is 16.2. The lowest BCUT2D eigenvalue weighted by Gasteiger charge is -2.33. The van der Waals surface area contributed by atoms with Crippen molar-refractivity contribution >= 4 is 27.5 Å². The molecule has 1 atom stereocenters. The van der Waals surface area contributed by atoms with Gasteiger partial charge in [-0.15, -0.1) is 21.5 Å². The molecule has 0 saturated heterocycles. The summed E-state index contributed by atoms with van der Waals surface area (Å²) in [5, 5.41) is 9.25. The first-order valence-electron chi connectivity index (χ1n) is 9.07. The Hall–Kier alpha value is -3.20. The largest absolute Gasteiger partial charge is 0.327 e. The van der Waals surface area contributed by atoms with Crippen LogP contribution in [0, 0.1) is 11.6 Å². The number of nitrogens with zero attached hydrogens (tertiary/aromatic N) is 5. The van der Waals surface area contributed by atoms with E-state index in [1.165, 1.54) is 47.7 Å². The standard InChI is InChI=1S/C20H15F2N5OS/c1-11-17-24-25-18(19-23-15-10-14(22)6-7-16(15)29-19)27(17)9-8-26(11)20(28)12-2-4-13(21)5-3-12/h2-7,10-11H,8-9H2,1H3/t11-/m1/s1. The van der Waals surface area contributed by atoms with Gasteiger partial charge in [-0.3, -0.25) is 4.79 Å². The van der Waals surface area contributed by atoms with E-state index in [9.17, 15) is 13.6 Å². The molecule has 4 aromatic rings. The highest BCUT2D eigenvalue weighted by atomic mass is 32.1. The van der Waals surface area contributed by atoms with Gasteiger partial charge in [0.25, 0.3) is 5.91 Å². The molecule has 146 valence electrons. The Balaban J connectivity index is 1.47. The maximum absolute atomic E-state index is 13.5. The van der Waals surface area contributed by atoms with Gasteiger partial charge in [0.1, 0.15) is 11.6 Å². The number of carbonyl (C=O) groups excluding carboxylic acids is 1. The second-order valence-electron chi connectivity index (χ2n) is 6.85. The quantitative estimate of drug-likeness (QED) is 0.499. The minimum absolute atomic E-state index is 0.177. The number of thiazole rings is 1. The van der Waals surface area contributed by atoms with Crippen LogP contribution < -0.4 is 0 Å². The van der Waals surface area contributed by atoms with Crippen LogP contribution in [0.5, 0.6) is 0 Å². The van der Waals surface area contributed by atoms with E-state index in [1.807, 2.05) is 11.5 Å². The summed E-state index contributed by atoms with van der Waals surface area (Å²) in [5.41, 5.74) is 1.01. The molecule has 0 radical (unpaired) electrons. The molecule has 0 bridgehead atoms. The third-order valence-corrected chi connectivity index (χ3v) is 6.11. The van der Waals surface area contributed by atoms with Crippen LogP contribution in [0.4, 0.5) is 8.78 Å². The predicted molar refractivity (Wildman–Crippen MR) is 104 cm³/mol. The zero-order chi connectivity index (χ0) is 20.1. The SMILES string of the molecule is C[C@@H]1c2nnc(-c3nc4cc(F)ccc4s3)n2CCN1C(=O)c1ccc(F)cc1. The highest BCUT2D eigenvalue weighted by Crippen LogP contribution is 2.33. The van der Waals surface area contributed by atoms with Crippen LogP contribution in [0.1, 0.15) is 29.1 Å². The lowest BCUT2D eigenvalue weighted by molar-refractivity contribution is 0.0638. The molecule has 0 aliphatic carbocycles. The van der Waals surface area contributed by atoms with Crippen molar-refractivity contribution in [1.82, 2.24) is 24.6 Å². The monoisotopic (exact) mass is 411 g/mol. The van der Waals surface area contributed by atoms with Crippen molar-refractivity contribution in [1.29, 1.82) is 0 Å². The average molecular weight is 411 g/mol. The Bertz CT molecular complexity index is 1230. The van der Waals surface area contributed by atoms with Crippen LogP contribution in [-0.4, -0.2) is 37.1 Å². The number of amides is 1. The molecule has 6 nitrogen and oxygen atoms in total. The van der Waals surface area contributed by atoms with E-state index < -0.39 is 0 Å². The Morgan fingerprint density at radius 1 is 1.07 bits per heavy atom. The smallest absolute Gasteiger partial charge is 0.254 e. The van der Waals surface area contributed by atoms with Gasteiger partial charge in [-0.2, -0.15) is 0 Å².